The van der Waals surface area contributed by atoms with E-state index in [-0.39, 0.29) is 12.5 Å². The lowest BCUT2D eigenvalue weighted by Gasteiger charge is -2.21. The van der Waals surface area contributed by atoms with E-state index in [2.05, 4.69) is 11.9 Å². The van der Waals surface area contributed by atoms with Crippen molar-refractivity contribution in [2.75, 3.05) is 19.7 Å². The van der Waals surface area contributed by atoms with Gasteiger partial charge in [-0.25, -0.2) is 0 Å². The lowest BCUT2D eigenvalue weighted by Crippen LogP contribution is -2.34. The van der Waals surface area contributed by atoms with Gasteiger partial charge in [0, 0.05) is 31.4 Å². The number of pyridine rings is 1. The second kappa shape index (κ2) is 7.79. The summed E-state index contributed by atoms with van der Waals surface area (Å²) in [5.74, 6) is -0.0744. The third kappa shape index (κ3) is 4.09. The van der Waals surface area contributed by atoms with Gasteiger partial charge >= 0.3 is 0 Å². The first-order valence-electron chi connectivity index (χ1n) is 6.28. The molecule has 100 valence electrons. The van der Waals surface area contributed by atoms with Crippen molar-refractivity contribution >= 4 is 5.91 Å². The van der Waals surface area contributed by atoms with Gasteiger partial charge in [-0.05, 0) is 18.6 Å². The van der Waals surface area contributed by atoms with Crippen molar-refractivity contribution in [3.05, 3.63) is 29.6 Å². The van der Waals surface area contributed by atoms with Crippen molar-refractivity contribution in [2.45, 2.75) is 26.3 Å². The van der Waals surface area contributed by atoms with Crippen LogP contribution in [-0.4, -0.2) is 40.6 Å². The number of unbranched alkanes of at least 4 members (excludes halogenated alkanes) is 1. The Hall–Kier alpha value is -1.46. The number of carbonyl (C=O) groups excluding carboxylic acids is 1. The molecule has 1 aromatic heterocycles. The zero-order valence-corrected chi connectivity index (χ0v) is 10.8. The summed E-state index contributed by atoms with van der Waals surface area (Å²) in [4.78, 5) is 18.0. The minimum absolute atomic E-state index is 0.0235. The van der Waals surface area contributed by atoms with Crippen LogP contribution < -0.4 is 5.73 Å². The molecule has 18 heavy (non-hydrogen) atoms. The molecule has 0 aliphatic rings. The number of hydrogen-bond donors (Lipinski definition) is 2. The summed E-state index contributed by atoms with van der Waals surface area (Å²) >= 11 is 0. The van der Waals surface area contributed by atoms with E-state index in [9.17, 15) is 4.79 Å². The predicted octanol–water partition coefficient (Wildman–Crippen LogP) is 0.775. The molecule has 0 spiro atoms. The third-order valence-electron chi connectivity index (χ3n) is 2.71. The SMILES string of the molecule is CCCCN(CCO)C(=O)c1ccnc(CN)c1. The number of aromatic nitrogens is 1. The Labute approximate surface area is 108 Å². The van der Waals surface area contributed by atoms with Crippen LogP contribution in [0.15, 0.2) is 18.3 Å². The van der Waals surface area contributed by atoms with Gasteiger partial charge in [-0.15, -0.1) is 0 Å². The van der Waals surface area contributed by atoms with Gasteiger partial charge in [0.25, 0.3) is 5.91 Å². The smallest absolute Gasteiger partial charge is 0.254 e. The number of hydrogen-bond acceptors (Lipinski definition) is 4. The Balaban J connectivity index is 2.79. The van der Waals surface area contributed by atoms with Crippen molar-refractivity contribution in [3.8, 4) is 0 Å². The first kappa shape index (κ1) is 14.6. The third-order valence-corrected chi connectivity index (χ3v) is 2.71. The monoisotopic (exact) mass is 251 g/mol. The van der Waals surface area contributed by atoms with Crippen LogP contribution in [0.1, 0.15) is 35.8 Å². The lowest BCUT2D eigenvalue weighted by molar-refractivity contribution is 0.0719. The molecule has 0 saturated heterocycles. The Kier molecular flexibility index (Phi) is 6.32. The number of nitrogens with two attached hydrogens (primary N) is 1. The quantitative estimate of drug-likeness (QED) is 0.750. The molecular weight excluding hydrogens is 230 g/mol. The maximum absolute atomic E-state index is 12.3. The van der Waals surface area contributed by atoms with E-state index in [0.29, 0.717) is 30.9 Å². The van der Waals surface area contributed by atoms with Gasteiger partial charge in [0.1, 0.15) is 0 Å². The van der Waals surface area contributed by atoms with E-state index < -0.39 is 0 Å². The standard InChI is InChI=1S/C13H21N3O2/c1-2-3-6-16(7-8-17)13(18)11-4-5-15-12(9-11)10-14/h4-5,9,17H,2-3,6-8,10,14H2,1H3. The van der Waals surface area contributed by atoms with E-state index in [1.54, 1.807) is 23.2 Å². The summed E-state index contributed by atoms with van der Waals surface area (Å²) in [7, 11) is 0. The van der Waals surface area contributed by atoms with Crippen LogP contribution in [0.4, 0.5) is 0 Å². The average molecular weight is 251 g/mol. The van der Waals surface area contributed by atoms with Crippen molar-refractivity contribution in [3.63, 3.8) is 0 Å². The second-order valence-electron chi connectivity index (χ2n) is 4.11. The van der Waals surface area contributed by atoms with Crippen LogP contribution in [0, 0.1) is 0 Å². The topological polar surface area (TPSA) is 79.5 Å². The number of amides is 1. The number of rotatable bonds is 7. The van der Waals surface area contributed by atoms with Crippen molar-refractivity contribution < 1.29 is 9.90 Å². The number of aliphatic hydroxyl groups excluding tert-OH is 1. The molecule has 0 fully saturated rings. The summed E-state index contributed by atoms with van der Waals surface area (Å²) in [5, 5.41) is 9.01. The first-order chi connectivity index (χ1) is 8.72. The van der Waals surface area contributed by atoms with E-state index >= 15 is 0 Å². The summed E-state index contributed by atoms with van der Waals surface area (Å²) in [6, 6.07) is 3.39. The molecule has 0 radical (unpaired) electrons. The number of aliphatic hydroxyl groups is 1. The highest BCUT2D eigenvalue weighted by molar-refractivity contribution is 5.94. The molecule has 0 aliphatic carbocycles. The highest BCUT2D eigenvalue weighted by atomic mass is 16.3. The van der Waals surface area contributed by atoms with Crippen LogP contribution in [0.2, 0.25) is 0 Å². The molecule has 0 unspecified atom stereocenters. The summed E-state index contributed by atoms with van der Waals surface area (Å²) in [6.07, 6.45) is 3.53. The van der Waals surface area contributed by atoms with Crippen molar-refractivity contribution in [2.24, 2.45) is 5.73 Å². The molecule has 5 nitrogen and oxygen atoms in total. The molecule has 3 N–H and O–H groups in total. The van der Waals surface area contributed by atoms with Crippen LogP contribution in [0.3, 0.4) is 0 Å². The fourth-order valence-corrected chi connectivity index (χ4v) is 1.69. The number of carbonyl (C=O) groups is 1. The zero-order valence-electron chi connectivity index (χ0n) is 10.8. The van der Waals surface area contributed by atoms with Gasteiger partial charge in [0.15, 0.2) is 0 Å². The molecular formula is C13H21N3O2. The molecule has 1 heterocycles. The molecule has 5 heteroatoms. The second-order valence-corrected chi connectivity index (χ2v) is 4.11. The predicted molar refractivity (Wildman–Crippen MR) is 70.0 cm³/mol. The minimum Gasteiger partial charge on any atom is -0.395 e. The van der Waals surface area contributed by atoms with E-state index in [4.69, 9.17) is 10.8 Å². The fraction of sp³-hybridized carbons (Fsp3) is 0.538. The summed E-state index contributed by atoms with van der Waals surface area (Å²) in [6.45, 7) is 3.39. The lowest BCUT2D eigenvalue weighted by atomic mass is 10.2. The Bertz CT molecular complexity index is 382. The molecule has 1 amide bonds. The maximum atomic E-state index is 12.3. The van der Waals surface area contributed by atoms with Crippen LogP contribution in [-0.2, 0) is 6.54 Å². The van der Waals surface area contributed by atoms with E-state index in [1.165, 1.54) is 0 Å². The van der Waals surface area contributed by atoms with Crippen LogP contribution >= 0.6 is 0 Å². The van der Waals surface area contributed by atoms with Gasteiger partial charge in [0.05, 0.1) is 12.3 Å². The Morgan fingerprint density at radius 1 is 1.50 bits per heavy atom. The van der Waals surface area contributed by atoms with Crippen molar-refractivity contribution in [1.29, 1.82) is 0 Å². The molecule has 1 rings (SSSR count). The van der Waals surface area contributed by atoms with Gasteiger partial charge < -0.3 is 15.7 Å². The zero-order chi connectivity index (χ0) is 13.4. The molecule has 0 aliphatic heterocycles. The molecule has 0 bridgehead atoms. The number of nitrogens with zero attached hydrogens (tertiary/aromatic N) is 2. The Morgan fingerprint density at radius 2 is 2.28 bits per heavy atom. The van der Waals surface area contributed by atoms with Gasteiger partial charge in [-0.3, -0.25) is 9.78 Å². The minimum atomic E-state index is -0.0744. The highest BCUT2D eigenvalue weighted by Crippen LogP contribution is 2.07. The molecule has 0 atom stereocenters. The van der Waals surface area contributed by atoms with E-state index in [1.807, 2.05) is 0 Å². The largest absolute Gasteiger partial charge is 0.395 e. The molecule has 0 aromatic carbocycles. The van der Waals surface area contributed by atoms with Crippen LogP contribution in [0.25, 0.3) is 0 Å². The van der Waals surface area contributed by atoms with Crippen LogP contribution in [0.5, 0.6) is 0 Å². The van der Waals surface area contributed by atoms with Crippen molar-refractivity contribution in [1.82, 2.24) is 9.88 Å². The fourth-order valence-electron chi connectivity index (χ4n) is 1.69. The molecule has 1 aromatic rings. The summed E-state index contributed by atoms with van der Waals surface area (Å²) in [5.41, 5.74) is 6.78. The highest BCUT2D eigenvalue weighted by Gasteiger charge is 2.15. The maximum Gasteiger partial charge on any atom is 0.254 e. The average Bonchev–Trinajstić information content (AvgIpc) is 2.42. The Morgan fingerprint density at radius 3 is 2.89 bits per heavy atom. The normalized spacial score (nSPS) is 10.4. The van der Waals surface area contributed by atoms with Gasteiger partial charge in [-0.1, -0.05) is 13.3 Å². The first-order valence-corrected chi connectivity index (χ1v) is 6.28. The van der Waals surface area contributed by atoms with E-state index in [0.717, 1.165) is 12.8 Å². The van der Waals surface area contributed by atoms with Gasteiger partial charge in [0.2, 0.25) is 0 Å². The van der Waals surface area contributed by atoms with Gasteiger partial charge in [-0.2, -0.15) is 0 Å². The summed E-state index contributed by atoms with van der Waals surface area (Å²) < 4.78 is 0. The molecule has 0 saturated carbocycles.